The molecule has 2 aromatic rings. The summed E-state index contributed by atoms with van der Waals surface area (Å²) < 4.78 is 4.98. The van der Waals surface area contributed by atoms with E-state index >= 15 is 0 Å². The van der Waals surface area contributed by atoms with Gasteiger partial charge in [0.2, 0.25) is 5.91 Å². The Balaban J connectivity index is 1.70. The molecule has 7 heteroatoms. The number of nitrogens with one attached hydrogen (secondary N) is 2. The quantitative estimate of drug-likeness (QED) is 0.847. The molecule has 2 aromatic heterocycles. The van der Waals surface area contributed by atoms with Crippen molar-refractivity contribution >= 4 is 22.8 Å². The second-order valence-electron chi connectivity index (χ2n) is 6.57. The van der Waals surface area contributed by atoms with Gasteiger partial charge < -0.3 is 15.0 Å². The van der Waals surface area contributed by atoms with Crippen LogP contribution in [0.2, 0.25) is 0 Å². The van der Waals surface area contributed by atoms with Crippen LogP contribution in [0.4, 0.5) is 5.82 Å². The Hall–Kier alpha value is -2.15. The molecule has 7 nitrogen and oxygen atoms in total. The van der Waals surface area contributed by atoms with Gasteiger partial charge in [0.25, 0.3) is 0 Å². The molecule has 0 spiro atoms. The third-order valence-corrected chi connectivity index (χ3v) is 4.35. The summed E-state index contributed by atoms with van der Waals surface area (Å²) in [6, 6.07) is 4.43. The van der Waals surface area contributed by atoms with E-state index in [0.717, 1.165) is 42.1 Å². The minimum Gasteiger partial charge on any atom is -0.384 e. The topological polar surface area (TPSA) is 83.1 Å². The summed E-state index contributed by atoms with van der Waals surface area (Å²) in [5.41, 5.74) is 1.81. The van der Waals surface area contributed by atoms with Crippen LogP contribution >= 0.6 is 0 Å². The molecule has 1 saturated heterocycles. The Kier molecular flexibility index (Phi) is 4.99. The average Bonchev–Trinajstić information content (AvgIpc) is 3.19. The number of anilines is 1. The Morgan fingerprint density at radius 2 is 2.33 bits per heavy atom. The maximum absolute atomic E-state index is 12.1. The lowest BCUT2D eigenvalue weighted by Crippen LogP contribution is -2.29. The van der Waals surface area contributed by atoms with Crippen LogP contribution < -0.4 is 5.32 Å². The molecular weight excluding hydrogens is 306 g/mol. The van der Waals surface area contributed by atoms with Gasteiger partial charge in [0.1, 0.15) is 0 Å². The fourth-order valence-electron chi connectivity index (χ4n) is 3.11. The Bertz CT molecular complexity index is 712. The second-order valence-corrected chi connectivity index (χ2v) is 6.57. The molecule has 0 aliphatic carbocycles. The van der Waals surface area contributed by atoms with Crippen molar-refractivity contribution in [1.29, 1.82) is 0 Å². The first-order valence-electron chi connectivity index (χ1n) is 8.46. The zero-order valence-electron chi connectivity index (χ0n) is 14.5. The molecule has 0 aromatic carbocycles. The highest BCUT2D eigenvalue weighted by Gasteiger charge is 2.28. The van der Waals surface area contributed by atoms with Crippen molar-refractivity contribution in [3.63, 3.8) is 0 Å². The molecular formula is C17H25N5O2. The number of carbonyl (C=O) groups is 1. The van der Waals surface area contributed by atoms with Crippen molar-refractivity contribution in [3.05, 3.63) is 17.8 Å². The lowest BCUT2D eigenvalue weighted by Gasteiger charge is -2.16. The molecule has 1 aliphatic heterocycles. The van der Waals surface area contributed by atoms with E-state index in [9.17, 15) is 4.79 Å². The smallest absolute Gasteiger partial charge is 0.224 e. The van der Waals surface area contributed by atoms with E-state index in [1.807, 2.05) is 4.90 Å². The Morgan fingerprint density at radius 1 is 1.50 bits per heavy atom. The number of aromatic amines is 1. The van der Waals surface area contributed by atoms with E-state index in [2.05, 4.69) is 41.5 Å². The Morgan fingerprint density at radius 3 is 3.08 bits per heavy atom. The van der Waals surface area contributed by atoms with E-state index in [4.69, 9.17) is 9.72 Å². The molecule has 2 N–H and O–H groups in total. The molecule has 0 bridgehead atoms. The molecule has 1 atom stereocenters. The van der Waals surface area contributed by atoms with Crippen molar-refractivity contribution in [2.24, 2.45) is 0 Å². The molecule has 24 heavy (non-hydrogen) atoms. The number of hydrogen-bond donors (Lipinski definition) is 2. The summed E-state index contributed by atoms with van der Waals surface area (Å²) in [6.45, 7) is 6.15. The summed E-state index contributed by atoms with van der Waals surface area (Å²) in [5, 5.41) is 11.6. The number of nitrogens with zero attached hydrogens (tertiary/aromatic N) is 3. The predicted molar refractivity (Wildman–Crippen MR) is 93.1 cm³/mol. The minimum atomic E-state index is 0.158. The summed E-state index contributed by atoms with van der Waals surface area (Å²) in [4.78, 5) is 18.7. The van der Waals surface area contributed by atoms with Crippen LogP contribution in [-0.2, 0) is 9.53 Å². The zero-order valence-corrected chi connectivity index (χ0v) is 14.5. The highest BCUT2D eigenvalue weighted by molar-refractivity contribution is 5.87. The predicted octanol–water partition coefficient (Wildman–Crippen LogP) is 2.13. The van der Waals surface area contributed by atoms with Crippen LogP contribution in [-0.4, -0.2) is 58.8 Å². The number of fused-ring (bicyclic) bond motifs is 1. The SMILES string of the molecule is COCCC(=O)N1CC[C@@H](c2ccc3c(NC(C)C)n[nH]c3n2)C1. The standard InChI is InChI=1S/C17H25N5O2/c1-11(2)18-16-13-4-5-14(19-17(13)21-20-16)12-6-8-22(10-12)15(23)7-9-24-3/h4-5,11-12H,6-10H2,1-3H3,(H2,18,19,20,21)/t12-/m1/s1. The largest absolute Gasteiger partial charge is 0.384 e. The number of methoxy groups -OCH3 is 1. The number of carbonyl (C=O) groups excluding carboxylic acids is 1. The van der Waals surface area contributed by atoms with Gasteiger partial charge in [0.15, 0.2) is 11.5 Å². The van der Waals surface area contributed by atoms with E-state index < -0.39 is 0 Å². The fraction of sp³-hybridized carbons (Fsp3) is 0.588. The molecule has 3 rings (SSSR count). The van der Waals surface area contributed by atoms with Gasteiger partial charge >= 0.3 is 0 Å². The normalized spacial score (nSPS) is 17.8. The van der Waals surface area contributed by atoms with Crippen LogP contribution in [0, 0.1) is 0 Å². The van der Waals surface area contributed by atoms with Crippen molar-refractivity contribution in [3.8, 4) is 0 Å². The number of amides is 1. The van der Waals surface area contributed by atoms with Gasteiger partial charge in [-0.25, -0.2) is 4.98 Å². The van der Waals surface area contributed by atoms with Crippen LogP contribution in [0.5, 0.6) is 0 Å². The summed E-state index contributed by atoms with van der Waals surface area (Å²) >= 11 is 0. The number of pyridine rings is 1. The van der Waals surface area contributed by atoms with Crippen molar-refractivity contribution < 1.29 is 9.53 Å². The second kappa shape index (κ2) is 7.17. The van der Waals surface area contributed by atoms with Crippen LogP contribution in [0.3, 0.4) is 0 Å². The van der Waals surface area contributed by atoms with Gasteiger partial charge in [-0.05, 0) is 32.4 Å². The van der Waals surface area contributed by atoms with Gasteiger partial charge in [0.05, 0.1) is 18.4 Å². The van der Waals surface area contributed by atoms with Gasteiger partial charge in [-0.15, -0.1) is 0 Å². The van der Waals surface area contributed by atoms with Crippen LogP contribution in [0.1, 0.15) is 38.3 Å². The van der Waals surface area contributed by atoms with Crippen LogP contribution in [0.25, 0.3) is 11.0 Å². The number of hydrogen-bond acceptors (Lipinski definition) is 5. The van der Waals surface area contributed by atoms with E-state index in [1.165, 1.54) is 0 Å². The first-order valence-corrected chi connectivity index (χ1v) is 8.46. The summed E-state index contributed by atoms with van der Waals surface area (Å²) in [6.07, 6.45) is 1.39. The number of aromatic nitrogens is 3. The lowest BCUT2D eigenvalue weighted by molar-refractivity contribution is -0.131. The van der Waals surface area contributed by atoms with Crippen molar-refractivity contribution in [2.75, 3.05) is 32.1 Å². The van der Waals surface area contributed by atoms with E-state index in [1.54, 1.807) is 7.11 Å². The van der Waals surface area contributed by atoms with E-state index in [-0.39, 0.29) is 11.8 Å². The maximum Gasteiger partial charge on any atom is 0.224 e. The number of H-pyrrole nitrogens is 1. The van der Waals surface area contributed by atoms with E-state index in [0.29, 0.717) is 19.1 Å². The summed E-state index contributed by atoms with van der Waals surface area (Å²) in [7, 11) is 1.62. The number of ether oxygens (including phenoxy) is 1. The molecule has 1 amide bonds. The average molecular weight is 331 g/mol. The molecule has 0 saturated carbocycles. The number of rotatable bonds is 6. The highest BCUT2D eigenvalue weighted by Crippen LogP contribution is 2.29. The monoisotopic (exact) mass is 331 g/mol. The van der Waals surface area contributed by atoms with Crippen LogP contribution in [0.15, 0.2) is 12.1 Å². The van der Waals surface area contributed by atoms with Crippen molar-refractivity contribution in [1.82, 2.24) is 20.1 Å². The first kappa shape index (κ1) is 16.7. The maximum atomic E-state index is 12.1. The molecule has 1 aliphatic rings. The third kappa shape index (κ3) is 3.51. The molecule has 1 fully saturated rings. The fourth-order valence-corrected chi connectivity index (χ4v) is 3.11. The number of likely N-dealkylation sites (tertiary alicyclic amines) is 1. The van der Waals surface area contributed by atoms with Gasteiger partial charge in [-0.1, -0.05) is 0 Å². The first-order chi connectivity index (χ1) is 11.6. The Labute approximate surface area is 141 Å². The van der Waals surface area contributed by atoms with Crippen molar-refractivity contribution in [2.45, 2.75) is 38.6 Å². The highest BCUT2D eigenvalue weighted by atomic mass is 16.5. The lowest BCUT2D eigenvalue weighted by atomic mass is 10.0. The molecule has 3 heterocycles. The third-order valence-electron chi connectivity index (χ3n) is 4.35. The molecule has 0 radical (unpaired) electrons. The zero-order chi connectivity index (χ0) is 17.1. The van der Waals surface area contributed by atoms with Gasteiger partial charge in [0, 0.05) is 37.9 Å². The van der Waals surface area contributed by atoms with Gasteiger partial charge in [-0.3, -0.25) is 9.89 Å². The molecule has 0 unspecified atom stereocenters. The van der Waals surface area contributed by atoms with Gasteiger partial charge in [-0.2, -0.15) is 5.10 Å². The minimum absolute atomic E-state index is 0.158. The summed E-state index contributed by atoms with van der Waals surface area (Å²) in [5.74, 6) is 1.28. The molecule has 130 valence electrons.